The Morgan fingerprint density at radius 2 is 2.00 bits per heavy atom. The van der Waals surface area contributed by atoms with Crippen molar-refractivity contribution in [3.63, 3.8) is 0 Å². The summed E-state index contributed by atoms with van der Waals surface area (Å²) >= 11 is 5.82. The Bertz CT molecular complexity index is 561. The quantitative estimate of drug-likeness (QED) is 0.901. The van der Waals surface area contributed by atoms with Crippen molar-refractivity contribution in [1.29, 1.82) is 0 Å². The molecule has 2 N–H and O–H groups in total. The number of rotatable bonds is 3. The number of aliphatic carboxylic acids is 1. The van der Waals surface area contributed by atoms with E-state index in [1.54, 1.807) is 17.0 Å². The van der Waals surface area contributed by atoms with Crippen molar-refractivity contribution in [3.8, 4) is 0 Å². The number of nitrogens with zero attached hydrogens (tertiary/aromatic N) is 1. The lowest BCUT2D eigenvalue weighted by atomic mass is 9.89. The number of amides is 2. The van der Waals surface area contributed by atoms with Crippen LogP contribution in [-0.2, 0) is 11.3 Å². The van der Waals surface area contributed by atoms with Crippen molar-refractivity contribution in [2.45, 2.75) is 37.9 Å². The maximum Gasteiger partial charge on any atom is 0.318 e. The Morgan fingerprint density at radius 1 is 1.29 bits per heavy atom. The monoisotopic (exact) mass is 308 g/mol. The van der Waals surface area contributed by atoms with Crippen LogP contribution < -0.4 is 5.32 Å². The molecule has 1 aromatic rings. The lowest BCUT2D eigenvalue weighted by Gasteiger charge is -2.23. The largest absolute Gasteiger partial charge is 0.481 e. The summed E-state index contributed by atoms with van der Waals surface area (Å²) in [7, 11) is 0. The van der Waals surface area contributed by atoms with Crippen LogP contribution in [0.25, 0.3) is 0 Å². The second kappa shape index (κ2) is 5.56. The van der Waals surface area contributed by atoms with Crippen LogP contribution in [0.1, 0.15) is 24.8 Å². The van der Waals surface area contributed by atoms with Crippen LogP contribution in [0.5, 0.6) is 0 Å². The number of carbonyl (C=O) groups excluding carboxylic acids is 1. The van der Waals surface area contributed by atoms with E-state index in [0.717, 1.165) is 18.4 Å². The molecule has 0 radical (unpaired) electrons. The number of fused-ring (bicyclic) bond motifs is 2. The van der Waals surface area contributed by atoms with Gasteiger partial charge in [-0.3, -0.25) is 4.79 Å². The Morgan fingerprint density at radius 3 is 2.62 bits per heavy atom. The van der Waals surface area contributed by atoms with E-state index in [4.69, 9.17) is 11.6 Å². The first-order chi connectivity index (χ1) is 10.1. The van der Waals surface area contributed by atoms with Crippen LogP contribution in [-0.4, -0.2) is 34.1 Å². The van der Waals surface area contributed by atoms with Crippen LogP contribution in [0.4, 0.5) is 4.79 Å². The smallest absolute Gasteiger partial charge is 0.318 e. The number of halogens is 1. The van der Waals surface area contributed by atoms with Crippen LogP contribution in [0, 0.1) is 5.92 Å². The highest BCUT2D eigenvalue weighted by Gasteiger charge is 2.51. The van der Waals surface area contributed by atoms with Crippen LogP contribution >= 0.6 is 11.6 Å². The number of carboxylic acids is 1. The number of hydrogen-bond acceptors (Lipinski definition) is 2. The first kappa shape index (κ1) is 14.2. The van der Waals surface area contributed by atoms with E-state index in [0.29, 0.717) is 18.0 Å². The molecule has 3 rings (SSSR count). The summed E-state index contributed by atoms with van der Waals surface area (Å²) in [6.07, 6.45) is 2.27. The Labute approximate surface area is 127 Å². The molecule has 1 aromatic carbocycles. The molecule has 0 saturated carbocycles. The molecule has 2 aliphatic heterocycles. The summed E-state index contributed by atoms with van der Waals surface area (Å²) in [5.41, 5.74) is 0.967. The second-order valence-corrected chi connectivity index (χ2v) is 6.11. The van der Waals surface area contributed by atoms with Crippen LogP contribution in [0.15, 0.2) is 24.3 Å². The Balaban J connectivity index is 1.61. The van der Waals surface area contributed by atoms with Crippen molar-refractivity contribution < 1.29 is 14.7 Å². The molecule has 2 heterocycles. The van der Waals surface area contributed by atoms with Gasteiger partial charge in [-0.1, -0.05) is 23.7 Å². The number of benzene rings is 1. The lowest BCUT2D eigenvalue weighted by Crippen LogP contribution is -2.44. The van der Waals surface area contributed by atoms with E-state index < -0.39 is 11.9 Å². The standard InChI is InChI=1S/C15H17ClN2O3/c16-10-3-1-9(2-4-10)8-17-15(21)18-11-5-6-13(18)12(7-11)14(19)20/h1-4,11-13H,5-8H2,(H,17,21)(H,19,20). The molecule has 2 aliphatic rings. The third kappa shape index (κ3) is 2.70. The first-order valence-electron chi connectivity index (χ1n) is 7.09. The van der Waals surface area contributed by atoms with Gasteiger partial charge in [0.25, 0.3) is 0 Å². The topological polar surface area (TPSA) is 69.6 Å². The van der Waals surface area contributed by atoms with Gasteiger partial charge in [0.15, 0.2) is 0 Å². The summed E-state index contributed by atoms with van der Waals surface area (Å²) < 4.78 is 0. The number of hydrogen-bond donors (Lipinski definition) is 2. The van der Waals surface area contributed by atoms with Crippen LogP contribution in [0.2, 0.25) is 5.02 Å². The van der Waals surface area contributed by atoms with Gasteiger partial charge in [0, 0.05) is 23.7 Å². The van der Waals surface area contributed by atoms with E-state index in [2.05, 4.69) is 5.32 Å². The molecular formula is C15H17ClN2O3. The van der Waals surface area contributed by atoms with Gasteiger partial charge in [-0.2, -0.15) is 0 Å². The molecule has 6 heteroatoms. The minimum atomic E-state index is -0.794. The molecule has 3 unspecified atom stereocenters. The van der Waals surface area contributed by atoms with E-state index in [9.17, 15) is 14.7 Å². The van der Waals surface area contributed by atoms with Gasteiger partial charge in [-0.15, -0.1) is 0 Å². The van der Waals surface area contributed by atoms with E-state index >= 15 is 0 Å². The molecule has 0 spiro atoms. The van der Waals surface area contributed by atoms with Gasteiger partial charge in [0.05, 0.1) is 5.92 Å². The minimum absolute atomic E-state index is 0.0707. The highest BCUT2D eigenvalue weighted by atomic mass is 35.5. The maximum absolute atomic E-state index is 12.3. The predicted octanol–water partition coefficient (Wildman–Crippen LogP) is 2.49. The second-order valence-electron chi connectivity index (χ2n) is 5.67. The van der Waals surface area contributed by atoms with E-state index in [-0.39, 0.29) is 18.1 Å². The van der Waals surface area contributed by atoms with E-state index in [1.165, 1.54) is 0 Å². The van der Waals surface area contributed by atoms with Crippen molar-refractivity contribution >= 4 is 23.6 Å². The van der Waals surface area contributed by atoms with Gasteiger partial charge in [-0.05, 0) is 37.0 Å². The number of carbonyl (C=O) groups is 2. The highest BCUT2D eigenvalue weighted by molar-refractivity contribution is 6.30. The van der Waals surface area contributed by atoms with Crippen molar-refractivity contribution in [3.05, 3.63) is 34.9 Å². The molecule has 5 nitrogen and oxygen atoms in total. The van der Waals surface area contributed by atoms with Gasteiger partial charge in [0.2, 0.25) is 0 Å². The molecule has 21 heavy (non-hydrogen) atoms. The fourth-order valence-electron chi connectivity index (χ4n) is 3.44. The summed E-state index contributed by atoms with van der Waals surface area (Å²) in [5, 5.41) is 12.7. The minimum Gasteiger partial charge on any atom is -0.481 e. The molecule has 3 atom stereocenters. The van der Waals surface area contributed by atoms with Gasteiger partial charge < -0.3 is 15.3 Å². The van der Waals surface area contributed by atoms with E-state index in [1.807, 2.05) is 12.1 Å². The fraction of sp³-hybridized carbons (Fsp3) is 0.467. The third-order valence-electron chi connectivity index (χ3n) is 4.45. The highest BCUT2D eigenvalue weighted by Crippen LogP contribution is 2.41. The zero-order chi connectivity index (χ0) is 15.0. The van der Waals surface area contributed by atoms with Crippen LogP contribution in [0.3, 0.4) is 0 Å². The summed E-state index contributed by atoms with van der Waals surface area (Å²) in [5.74, 6) is -1.21. The molecule has 112 valence electrons. The zero-order valence-electron chi connectivity index (χ0n) is 11.5. The predicted molar refractivity (Wildman–Crippen MR) is 78.1 cm³/mol. The van der Waals surface area contributed by atoms with Gasteiger partial charge in [-0.25, -0.2) is 4.79 Å². The normalized spacial score (nSPS) is 26.9. The molecule has 2 amide bonds. The van der Waals surface area contributed by atoms with Crippen molar-refractivity contribution in [2.24, 2.45) is 5.92 Å². The first-order valence-corrected chi connectivity index (χ1v) is 7.47. The summed E-state index contributed by atoms with van der Waals surface area (Å²) in [6, 6.07) is 7.04. The maximum atomic E-state index is 12.3. The Hall–Kier alpha value is -1.75. The molecule has 2 bridgehead atoms. The summed E-state index contributed by atoms with van der Waals surface area (Å²) in [6.45, 7) is 0.420. The molecular weight excluding hydrogens is 292 g/mol. The Kier molecular flexibility index (Phi) is 3.76. The third-order valence-corrected chi connectivity index (χ3v) is 4.70. The van der Waals surface area contributed by atoms with Gasteiger partial charge in [0.1, 0.15) is 0 Å². The molecule has 0 aliphatic carbocycles. The van der Waals surface area contributed by atoms with Crippen molar-refractivity contribution in [1.82, 2.24) is 10.2 Å². The van der Waals surface area contributed by atoms with Gasteiger partial charge >= 0.3 is 12.0 Å². The molecule has 2 fully saturated rings. The number of nitrogens with one attached hydrogen (secondary N) is 1. The average Bonchev–Trinajstić information content (AvgIpc) is 3.04. The zero-order valence-corrected chi connectivity index (χ0v) is 12.2. The number of urea groups is 1. The SMILES string of the molecule is O=C(O)C1CC2CCC1N2C(=O)NCc1ccc(Cl)cc1. The summed E-state index contributed by atoms with van der Waals surface area (Å²) in [4.78, 5) is 25.2. The average molecular weight is 309 g/mol. The number of carboxylic acid groups (broad SMARTS) is 1. The van der Waals surface area contributed by atoms with Crippen molar-refractivity contribution in [2.75, 3.05) is 0 Å². The molecule has 2 saturated heterocycles. The fourth-order valence-corrected chi connectivity index (χ4v) is 3.57. The molecule has 0 aromatic heterocycles. The lowest BCUT2D eigenvalue weighted by molar-refractivity contribution is -0.142.